The highest BCUT2D eigenvalue weighted by atomic mass is 35.5. The van der Waals surface area contributed by atoms with Crippen molar-refractivity contribution in [3.8, 4) is 5.75 Å². The van der Waals surface area contributed by atoms with E-state index in [1.54, 1.807) is 25.3 Å². The van der Waals surface area contributed by atoms with Crippen molar-refractivity contribution in [2.24, 2.45) is 0 Å². The summed E-state index contributed by atoms with van der Waals surface area (Å²) in [4.78, 5) is 21.3. The number of carbonyl (C=O) groups excluding carboxylic acids is 1. The van der Waals surface area contributed by atoms with Gasteiger partial charge in [0, 0.05) is 12.1 Å². The molecular weight excluding hydrogens is 423 g/mol. The number of fused-ring (bicyclic) bond motifs is 1. The summed E-state index contributed by atoms with van der Waals surface area (Å²) in [5.41, 5.74) is 2.43. The maximum Gasteiger partial charge on any atom is 0.284 e. The van der Waals surface area contributed by atoms with Gasteiger partial charge in [-0.15, -0.1) is 0 Å². The van der Waals surface area contributed by atoms with Crippen LogP contribution in [0.5, 0.6) is 5.75 Å². The van der Waals surface area contributed by atoms with E-state index in [4.69, 9.17) is 32.8 Å². The molecule has 30 heavy (non-hydrogen) atoms. The second kappa shape index (κ2) is 9.56. The second-order valence-corrected chi connectivity index (χ2v) is 8.57. The van der Waals surface area contributed by atoms with Gasteiger partial charge in [0.15, 0.2) is 6.61 Å². The predicted molar refractivity (Wildman–Crippen MR) is 118 cm³/mol. The quantitative estimate of drug-likeness (QED) is 0.588. The highest BCUT2D eigenvalue weighted by Gasteiger charge is 2.40. The summed E-state index contributed by atoms with van der Waals surface area (Å²) < 4.78 is 5.70. The summed E-state index contributed by atoms with van der Waals surface area (Å²) in [5, 5.41) is 2.33. The highest BCUT2D eigenvalue weighted by molar-refractivity contribution is 6.42. The summed E-state index contributed by atoms with van der Waals surface area (Å²) in [5.74, 6) is 0.267. The normalized spacial score (nSPS) is 21.3. The van der Waals surface area contributed by atoms with Gasteiger partial charge in [-0.05, 0) is 62.0 Å². The lowest BCUT2D eigenvalue weighted by molar-refractivity contribution is -0.199. The third-order valence-corrected chi connectivity index (χ3v) is 6.74. The number of likely N-dealkylation sites (tertiary alicyclic amines) is 1. The monoisotopic (exact) mass is 448 g/mol. The molecule has 1 aliphatic carbocycles. The van der Waals surface area contributed by atoms with Crippen LogP contribution in [-0.2, 0) is 16.1 Å². The summed E-state index contributed by atoms with van der Waals surface area (Å²) in [7, 11) is 1.55. The maximum absolute atomic E-state index is 13.2. The minimum atomic E-state index is -0.227. The van der Waals surface area contributed by atoms with Crippen molar-refractivity contribution in [2.45, 2.75) is 37.8 Å². The van der Waals surface area contributed by atoms with Gasteiger partial charge in [-0.3, -0.25) is 14.5 Å². The van der Waals surface area contributed by atoms with Gasteiger partial charge in [0.2, 0.25) is 0 Å². The Balaban J connectivity index is 1.56. The Morgan fingerprint density at radius 3 is 2.63 bits per heavy atom. The van der Waals surface area contributed by atoms with Gasteiger partial charge in [-0.2, -0.15) is 0 Å². The van der Waals surface area contributed by atoms with E-state index < -0.39 is 0 Å². The lowest BCUT2D eigenvalue weighted by Crippen LogP contribution is -2.50. The minimum Gasteiger partial charge on any atom is -0.484 e. The van der Waals surface area contributed by atoms with Crippen LogP contribution >= 0.6 is 23.2 Å². The predicted octanol–water partition coefficient (Wildman–Crippen LogP) is 4.91. The molecule has 2 unspecified atom stereocenters. The van der Waals surface area contributed by atoms with Crippen LogP contribution in [0.15, 0.2) is 42.5 Å². The number of hydroxylamine groups is 2. The molecule has 2 aromatic rings. The standard InChI is InChI=1S/C23H26Cl2N2O3/c1-29-27(22(28)15-30-17-9-10-19(24)20(25)14-17)23-18-7-3-2-6-16(18)8-11-21(23)26-12-4-5-13-26/h2-3,6-7,9-10,14,21,23H,4-5,8,11-13,15H2,1H3. The number of nitrogens with zero attached hydrogens (tertiary/aromatic N) is 2. The fourth-order valence-corrected chi connectivity index (χ4v) is 4.89. The van der Waals surface area contributed by atoms with E-state index in [9.17, 15) is 4.79 Å². The molecule has 1 aliphatic heterocycles. The molecule has 0 bridgehead atoms. The van der Waals surface area contributed by atoms with Gasteiger partial charge in [-0.25, -0.2) is 5.06 Å². The maximum atomic E-state index is 13.2. The van der Waals surface area contributed by atoms with Crippen molar-refractivity contribution in [2.75, 3.05) is 26.8 Å². The zero-order valence-corrected chi connectivity index (χ0v) is 18.5. The molecule has 1 fully saturated rings. The molecule has 4 rings (SSSR count). The molecule has 0 aromatic heterocycles. The molecular formula is C23H26Cl2N2O3. The summed E-state index contributed by atoms with van der Waals surface area (Å²) in [6, 6.07) is 13.4. The zero-order chi connectivity index (χ0) is 21.1. The molecule has 5 nitrogen and oxygen atoms in total. The van der Waals surface area contributed by atoms with E-state index in [0.717, 1.165) is 31.5 Å². The fourth-order valence-electron chi connectivity index (χ4n) is 4.60. The lowest BCUT2D eigenvalue weighted by atomic mass is 9.83. The number of halogens is 2. The lowest BCUT2D eigenvalue weighted by Gasteiger charge is -2.43. The Hall–Kier alpha value is -1.79. The van der Waals surface area contributed by atoms with Gasteiger partial charge in [0.25, 0.3) is 5.91 Å². The first kappa shape index (κ1) is 21.4. The molecule has 1 amide bonds. The Morgan fingerprint density at radius 1 is 1.13 bits per heavy atom. The number of hydrogen-bond acceptors (Lipinski definition) is 4. The van der Waals surface area contributed by atoms with E-state index in [0.29, 0.717) is 15.8 Å². The smallest absolute Gasteiger partial charge is 0.284 e. The van der Waals surface area contributed by atoms with Crippen LogP contribution in [0.1, 0.15) is 36.4 Å². The first-order valence-corrected chi connectivity index (χ1v) is 11.1. The van der Waals surface area contributed by atoms with Gasteiger partial charge in [-0.1, -0.05) is 47.5 Å². The van der Waals surface area contributed by atoms with E-state index in [2.05, 4.69) is 23.1 Å². The number of benzene rings is 2. The van der Waals surface area contributed by atoms with Crippen molar-refractivity contribution < 1.29 is 14.4 Å². The van der Waals surface area contributed by atoms with Crippen LogP contribution in [-0.4, -0.2) is 48.7 Å². The van der Waals surface area contributed by atoms with E-state index in [1.807, 2.05) is 6.07 Å². The zero-order valence-electron chi connectivity index (χ0n) is 17.0. The SMILES string of the molecule is CON(C(=O)COc1ccc(Cl)c(Cl)c1)C1c2ccccc2CCC1N1CCCC1. The minimum absolute atomic E-state index is 0.142. The van der Waals surface area contributed by atoms with Crippen molar-refractivity contribution in [1.82, 2.24) is 9.96 Å². The number of amides is 1. The number of hydrogen-bond donors (Lipinski definition) is 0. The third kappa shape index (κ3) is 4.45. The Morgan fingerprint density at radius 2 is 1.90 bits per heavy atom. The molecule has 0 spiro atoms. The van der Waals surface area contributed by atoms with E-state index in [-0.39, 0.29) is 24.6 Å². The van der Waals surface area contributed by atoms with E-state index in [1.165, 1.54) is 23.5 Å². The van der Waals surface area contributed by atoms with E-state index >= 15 is 0 Å². The summed E-state index contributed by atoms with van der Waals surface area (Å²) in [6.45, 7) is 1.99. The molecule has 7 heteroatoms. The fraction of sp³-hybridized carbons (Fsp3) is 0.435. The largest absolute Gasteiger partial charge is 0.484 e. The number of rotatable bonds is 6. The van der Waals surface area contributed by atoms with Crippen LogP contribution in [0.2, 0.25) is 10.0 Å². The van der Waals surface area contributed by atoms with Gasteiger partial charge in [0.05, 0.1) is 17.2 Å². The van der Waals surface area contributed by atoms with Crippen molar-refractivity contribution in [1.29, 1.82) is 0 Å². The third-order valence-electron chi connectivity index (χ3n) is 6.01. The molecule has 2 aliphatic rings. The van der Waals surface area contributed by atoms with Crippen molar-refractivity contribution in [3.63, 3.8) is 0 Å². The number of aryl methyl sites for hydroxylation is 1. The number of ether oxygens (including phenoxy) is 1. The van der Waals surface area contributed by atoms with Crippen molar-refractivity contribution in [3.05, 3.63) is 63.6 Å². The van der Waals surface area contributed by atoms with Crippen molar-refractivity contribution >= 4 is 29.1 Å². The molecule has 160 valence electrons. The van der Waals surface area contributed by atoms with Crippen LogP contribution in [0.3, 0.4) is 0 Å². The van der Waals surface area contributed by atoms with Gasteiger partial charge < -0.3 is 4.74 Å². The Labute approximate surface area is 187 Å². The summed E-state index contributed by atoms with van der Waals surface area (Å²) in [6.07, 6.45) is 4.42. The van der Waals surface area contributed by atoms with Crippen LogP contribution < -0.4 is 4.74 Å². The molecule has 1 heterocycles. The first-order valence-electron chi connectivity index (χ1n) is 10.3. The summed E-state index contributed by atoms with van der Waals surface area (Å²) >= 11 is 12.0. The Kier molecular flexibility index (Phi) is 6.84. The molecule has 0 N–H and O–H groups in total. The van der Waals surface area contributed by atoms with Crippen LogP contribution in [0, 0.1) is 0 Å². The second-order valence-electron chi connectivity index (χ2n) is 7.76. The molecule has 0 radical (unpaired) electrons. The average Bonchev–Trinajstić information content (AvgIpc) is 3.30. The van der Waals surface area contributed by atoms with Crippen LogP contribution in [0.25, 0.3) is 0 Å². The topological polar surface area (TPSA) is 42.0 Å². The number of carbonyl (C=O) groups is 1. The molecule has 2 atom stereocenters. The van der Waals surface area contributed by atoms with Crippen LogP contribution in [0.4, 0.5) is 0 Å². The van der Waals surface area contributed by atoms with Gasteiger partial charge in [0.1, 0.15) is 11.8 Å². The molecule has 1 saturated heterocycles. The van der Waals surface area contributed by atoms with Gasteiger partial charge >= 0.3 is 0 Å². The average molecular weight is 449 g/mol. The first-order chi connectivity index (χ1) is 14.6. The molecule has 0 saturated carbocycles. The molecule has 2 aromatic carbocycles. The highest BCUT2D eigenvalue weighted by Crippen LogP contribution is 2.38. The Bertz CT molecular complexity index is 902.